The SMILES string of the molecule is N#Cc1cccc(-c2cc(-c3nc(-c4ccccc4)nc(-c4ccccc4)n3)ccc2-n2c3ccccc3c3ccc4c5ccccc5oc4c32)c1. The first-order valence-electron chi connectivity index (χ1n) is 17.1. The zero-order valence-corrected chi connectivity index (χ0v) is 27.7. The minimum atomic E-state index is 0.554. The van der Waals surface area contributed by atoms with Crippen molar-refractivity contribution < 1.29 is 4.42 Å². The first kappa shape index (κ1) is 29.5. The van der Waals surface area contributed by atoms with Crippen LogP contribution in [0.5, 0.6) is 0 Å². The van der Waals surface area contributed by atoms with Crippen LogP contribution in [0.1, 0.15) is 5.56 Å². The van der Waals surface area contributed by atoms with Gasteiger partial charge in [0.25, 0.3) is 0 Å². The van der Waals surface area contributed by atoms with Crippen LogP contribution in [-0.2, 0) is 0 Å². The third kappa shape index (κ3) is 4.76. The maximum absolute atomic E-state index is 9.95. The number of nitrogens with zero attached hydrogens (tertiary/aromatic N) is 5. The fourth-order valence-electron chi connectivity index (χ4n) is 7.28. The van der Waals surface area contributed by atoms with Crippen molar-refractivity contribution in [2.45, 2.75) is 0 Å². The fraction of sp³-hybridized carbons (Fsp3) is 0. The Balaban J connectivity index is 1.28. The number of fused-ring (bicyclic) bond motifs is 7. The lowest BCUT2D eigenvalue weighted by atomic mass is 9.98. The van der Waals surface area contributed by atoms with Crippen molar-refractivity contribution >= 4 is 43.7 Å². The Morgan fingerprint density at radius 1 is 0.481 bits per heavy atom. The van der Waals surface area contributed by atoms with E-state index in [1.807, 2.05) is 103 Å². The number of benzene rings is 7. The second-order valence-electron chi connectivity index (χ2n) is 12.8. The van der Waals surface area contributed by atoms with Crippen LogP contribution in [-0.4, -0.2) is 19.5 Å². The molecule has 0 saturated heterocycles. The van der Waals surface area contributed by atoms with Crippen LogP contribution in [0.4, 0.5) is 0 Å². The molecule has 0 radical (unpaired) electrons. The number of hydrogen-bond donors (Lipinski definition) is 0. The molecule has 0 aliphatic heterocycles. The lowest BCUT2D eigenvalue weighted by molar-refractivity contribution is 0.671. The quantitative estimate of drug-likeness (QED) is 0.183. The van der Waals surface area contributed by atoms with E-state index in [-0.39, 0.29) is 0 Å². The monoisotopic (exact) mass is 665 g/mol. The summed E-state index contributed by atoms with van der Waals surface area (Å²) in [5.74, 6) is 1.74. The highest BCUT2D eigenvalue weighted by Crippen LogP contribution is 2.43. The van der Waals surface area contributed by atoms with Gasteiger partial charge in [0, 0.05) is 43.8 Å². The smallest absolute Gasteiger partial charge is 0.164 e. The summed E-state index contributed by atoms with van der Waals surface area (Å²) in [5.41, 5.74) is 9.69. The number of hydrogen-bond acceptors (Lipinski definition) is 5. The first-order valence-corrected chi connectivity index (χ1v) is 17.1. The van der Waals surface area contributed by atoms with Crippen LogP contribution in [0.25, 0.3) is 94.7 Å². The number of rotatable bonds is 5. The number of furan rings is 1. The van der Waals surface area contributed by atoms with Crippen LogP contribution in [0.2, 0.25) is 0 Å². The van der Waals surface area contributed by atoms with E-state index in [1.54, 1.807) is 0 Å². The summed E-state index contributed by atoms with van der Waals surface area (Å²) in [6.45, 7) is 0. The van der Waals surface area contributed by atoms with Gasteiger partial charge in [-0.1, -0.05) is 115 Å². The lowest BCUT2D eigenvalue weighted by Crippen LogP contribution is -2.02. The molecule has 0 N–H and O–H groups in total. The van der Waals surface area contributed by atoms with Crippen LogP contribution in [0, 0.1) is 11.3 Å². The normalized spacial score (nSPS) is 11.4. The zero-order chi connectivity index (χ0) is 34.6. The standard InChI is InChI=1S/C46H27N5O/c47-28-29-12-11-17-32(26-29)38-27-33(46-49-44(30-13-3-1-4-14-30)48-45(50-46)31-15-5-2-6-16-31)22-25-40(38)51-39-20-9-7-18-34(39)36-23-24-37-35-19-8-10-21-41(35)52-43(37)42(36)51/h1-27H. The Morgan fingerprint density at radius 2 is 1.10 bits per heavy atom. The Hall–Kier alpha value is -7.36. The predicted octanol–water partition coefficient (Wildman–Crippen LogP) is 11.4. The zero-order valence-electron chi connectivity index (χ0n) is 27.7. The highest BCUT2D eigenvalue weighted by atomic mass is 16.3. The van der Waals surface area contributed by atoms with Crippen molar-refractivity contribution in [3.05, 3.63) is 169 Å². The molecule has 0 saturated carbocycles. The molecule has 0 fully saturated rings. The van der Waals surface area contributed by atoms with Gasteiger partial charge < -0.3 is 8.98 Å². The van der Waals surface area contributed by atoms with Gasteiger partial charge in [-0.3, -0.25) is 0 Å². The van der Waals surface area contributed by atoms with Gasteiger partial charge in [-0.15, -0.1) is 0 Å². The van der Waals surface area contributed by atoms with Crippen LogP contribution >= 0.6 is 0 Å². The molecule has 0 aliphatic carbocycles. The molecule has 3 aromatic heterocycles. The van der Waals surface area contributed by atoms with E-state index in [1.165, 1.54) is 0 Å². The third-order valence-corrected chi connectivity index (χ3v) is 9.68. The summed E-state index contributed by atoms with van der Waals surface area (Å²) in [7, 11) is 0. The molecule has 6 nitrogen and oxygen atoms in total. The largest absolute Gasteiger partial charge is 0.454 e. The number of nitriles is 1. The van der Waals surface area contributed by atoms with Crippen molar-refractivity contribution in [3.63, 3.8) is 0 Å². The molecule has 0 amide bonds. The van der Waals surface area contributed by atoms with E-state index < -0.39 is 0 Å². The molecule has 0 bridgehead atoms. The molecular weight excluding hydrogens is 639 g/mol. The maximum Gasteiger partial charge on any atom is 0.164 e. The number of aromatic nitrogens is 4. The molecular formula is C46H27N5O. The second kappa shape index (κ2) is 11.9. The fourth-order valence-corrected chi connectivity index (χ4v) is 7.28. The molecule has 10 aromatic rings. The number of para-hydroxylation sites is 2. The molecule has 0 spiro atoms. The average Bonchev–Trinajstić information content (AvgIpc) is 3.77. The van der Waals surface area contributed by atoms with Crippen molar-refractivity contribution in [3.8, 4) is 57.0 Å². The first-order chi connectivity index (χ1) is 25.7. The predicted molar refractivity (Wildman–Crippen MR) is 208 cm³/mol. The summed E-state index contributed by atoms with van der Waals surface area (Å²) in [4.78, 5) is 15.0. The summed E-state index contributed by atoms with van der Waals surface area (Å²) in [5, 5.41) is 14.3. The third-order valence-electron chi connectivity index (χ3n) is 9.68. The Bertz CT molecular complexity index is 2970. The molecule has 3 heterocycles. The summed E-state index contributed by atoms with van der Waals surface area (Å²) in [6.07, 6.45) is 0. The van der Waals surface area contributed by atoms with Crippen molar-refractivity contribution in [2.75, 3.05) is 0 Å². The van der Waals surface area contributed by atoms with E-state index >= 15 is 0 Å². The van der Waals surface area contributed by atoms with E-state index in [0.29, 0.717) is 23.0 Å². The highest BCUT2D eigenvalue weighted by Gasteiger charge is 2.22. The van der Waals surface area contributed by atoms with Gasteiger partial charge in [0.2, 0.25) is 0 Å². The molecule has 0 aliphatic rings. The molecule has 242 valence electrons. The van der Waals surface area contributed by atoms with Crippen molar-refractivity contribution in [1.82, 2.24) is 19.5 Å². The average molecular weight is 666 g/mol. The Labute approximate surface area is 298 Å². The van der Waals surface area contributed by atoms with Gasteiger partial charge in [-0.2, -0.15) is 5.26 Å². The van der Waals surface area contributed by atoms with Crippen LogP contribution in [0.15, 0.2) is 168 Å². The van der Waals surface area contributed by atoms with Gasteiger partial charge in [0.05, 0.1) is 28.4 Å². The molecule has 7 aromatic carbocycles. The Morgan fingerprint density at radius 3 is 1.83 bits per heavy atom. The molecule has 6 heteroatoms. The van der Waals surface area contributed by atoms with Gasteiger partial charge in [0.1, 0.15) is 5.58 Å². The second-order valence-corrected chi connectivity index (χ2v) is 12.8. The summed E-state index contributed by atoms with van der Waals surface area (Å²) in [6, 6.07) is 57.4. The highest BCUT2D eigenvalue weighted by molar-refractivity contribution is 6.21. The molecule has 0 atom stereocenters. The van der Waals surface area contributed by atoms with Gasteiger partial charge in [-0.25, -0.2) is 15.0 Å². The van der Waals surface area contributed by atoms with Crippen molar-refractivity contribution in [2.24, 2.45) is 0 Å². The lowest BCUT2D eigenvalue weighted by Gasteiger charge is -2.16. The van der Waals surface area contributed by atoms with Gasteiger partial charge >= 0.3 is 0 Å². The van der Waals surface area contributed by atoms with E-state index in [4.69, 9.17) is 19.4 Å². The van der Waals surface area contributed by atoms with Crippen molar-refractivity contribution in [1.29, 1.82) is 5.26 Å². The van der Waals surface area contributed by atoms with E-state index in [0.717, 1.165) is 77.2 Å². The minimum Gasteiger partial charge on any atom is -0.454 e. The van der Waals surface area contributed by atoms with Gasteiger partial charge in [-0.05, 0) is 54.1 Å². The van der Waals surface area contributed by atoms with E-state index in [2.05, 4.69) is 71.3 Å². The maximum atomic E-state index is 9.95. The van der Waals surface area contributed by atoms with Crippen LogP contribution < -0.4 is 0 Å². The van der Waals surface area contributed by atoms with E-state index in [9.17, 15) is 5.26 Å². The van der Waals surface area contributed by atoms with Gasteiger partial charge in [0.15, 0.2) is 23.1 Å². The summed E-state index contributed by atoms with van der Waals surface area (Å²) >= 11 is 0. The molecule has 0 unspecified atom stereocenters. The minimum absolute atomic E-state index is 0.554. The topological polar surface area (TPSA) is 80.5 Å². The Kier molecular flexibility index (Phi) is 6.76. The summed E-state index contributed by atoms with van der Waals surface area (Å²) < 4.78 is 8.95. The van der Waals surface area contributed by atoms with Crippen LogP contribution in [0.3, 0.4) is 0 Å². The molecule has 52 heavy (non-hydrogen) atoms. The molecule has 10 rings (SSSR count).